The Morgan fingerprint density at radius 1 is 1.33 bits per heavy atom. The average molecular weight is 252 g/mol. The van der Waals surface area contributed by atoms with Crippen molar-refractivity contribution in [3.05, 3.63) is 6.07 Å². The van der Waals surface area contributed by atoms with Gasteiger partial charge in [0, 0.05) is 39.7 Å². The number of nitrogens with one attached hydrogen (secondary N) is 2. The summed E-state index contributed by atoms with van der Waals surface area (Å²) in [5.74, 6) is 1.56. The van der Waals surface area contributed by atoms with Gasteiger partial charge in [0.05, 0.1) is 0 Å². The molecule has 0 atom stereocenters. The Labute approximate surface area is 107 Å². The molecular weight excluding hydrogens is 232 g/mol. The summed E-state index contributed by atoms with van der Waals surface area (Å²) >= 11 is 0. The third kappa shape index (κ3) is 4.44. The summed E-state index contributed by atoms with van der Waals surface area (Å²) < 4.78 is 0. The van der Waals surface area contributed by atoms with Crippen molar-refractivity contribution in [2.24, 2.45) is 0 Å². The van der Waals surface area contributed by atoms with Crippen LogP contribution in [-0.2, 0) is 4.79 Å². The van der Waals surface area contributed by atoms with E-state index >= 15 is 0 Å². The normalized spacial score (nSPS) is 9.94. The molecule has 0 aromatic carbocycles. The van der Waals surface area contributed by atoms with Crippen LogP contribution in [0.15, 0.2) is 6.07 Å². The first-order valence-electron chi connectivity index (χ1n) is 5.85. The van der Waals surface area contributed by atoms with Gasteiger partial charge < -0.3 is 21.3 Å². The number of carbonyl (C=O) groups is 1. The molecule has 100 valence electrons. The molecule has 0 fully saturated rings. The lowest BCUT2D eigenvalue weighted by atomic mass is 10.3. The Morgan fingerprint density at radius 2 is 1.94 bits per heavy atom. The van der Waals surface area contributed by atoms with Crippen molar-refractivity contribution in [3.63, 3.8) is 0 Å². The first-order valence-corrected chi connectivity index (χ1v) is 5.85. The molecule has 1 amide bonds. The summed E-state index contributed by atoms with van der Waals surface area (Å²) in [7, 11) is 3.46. The molecule has 1 aromatic rings. The smallest absolute Gasteiger partial charge is 0.223 e. The molecule has 0 bridgehead atoms. The van der Waals surface area contributed by atoms with Gasteiger partial charge in [-0.15, -0.1) is 0 Å². The van der Waals surface area contributed by atoms with Crippen LogP contribution >= 0.6 is 0 Å². The fourth-order valence-corrected chi connectivity index (χ4v) is 1.35. The van der Waals surface area contributed by atoms with Gasteiger partial charge in [0.15, 0.2) is 0 Å². The molecule has 18 heavy (non-hydrogen) atoms. The molecule has 0 aliphatic rings. The van der Waals surface area contributed by atoms with E-state index in [2.05, 4.69) is 20.6 Å². The Balaban J connectivity index is 2.54. The van der Waals surface area contributed by atoms with Gasteiger partial charge in [0.1, 0.15) is 11.6 Å². The fraction of sp³-hybridized carbons (Fsp3) is 0.545. The molecule has 1 aromatic heterocycles. The molecule has 0 radical (unpaired) electrons. The number of anilines is 3. The van der Waals surface area contributed by atoms with Crippen LogP contribution < -0.4 is 16.4 Å². The maximum Gasteiger partial charge on any atom is 0.223 e. The van der Waals surface area contributed by atoms with Gasteiger partial charge in [-0.05, 0) is 6.92 Å². The summed E-state index contributed by atoms with van der Waals surface area (Å²) in [6.07, 6.45) is 0.410. The van der Waals surface area contributed by atoms with Gasteiger partial charge in [-0.25, -0.2) is 0 Å². The number of nitrogens with zero attached hydrogens (tertiary/aromatic N) is 3. The molecule has 0 saturated heterocycles. The number of nitrogen functional groups attached to an aromatic ring is 1. The third-order valence-electron chi connectivity index (χ3n) is 2.25. The quantitative estimate of drug-likeness (QED) is 0.677. The van der Waals surface area contributed by atoms with E-state index < -0.39 is 0 Å². The van der Waals surface area contributed by atoms with Gasteiger partial charge in [0.2, 0.25) is 11.9 Å². The topological polar surface area (TPSA) is 96.2 Å². The van der Waals surface area contributed by atoms with Crippen molar-refractivity contribution < 1.29 is 4.79 Å². The molecule has 0 spiro atoms. The lowest BCUT2D eigenvalue weighted by Crippen LogP contribution is -2.24. The molecule has 0 aliphatic carbocycles. The van der Waals surface area contributed by atoms with Crippen LogP contribution in [0, 0.1) is 0 Å². The predicted molar refractivity (Wildman–Crippen MR) is 72.4 cm³/mol. The predicted octanol–water partition coefficient (Wildman–Crippen LogP) is 0.381. The van der Waals surface area contributed by atoms with Crippen LogP contribution in [0.1, 0.15) is 13.3 Å². The van der Waals surface area contributed by atoms with E-state index in [4.69, 9.17) is 5.73 Å². The van der Waals surface area contributed by atoms with E-state index in [9.17, 15) is 4.79 Å². The minimum atomic E-state index is 0.0661. The minimum absolute atomic E-state index is 0.0661. The van der Waals surface area contributed by atoms with E-state index in [1.165, 1.54) is 0 Å². The van der Waals surface area contributed by atoms with Gasteiger partial charge in [0.25, 0.3) is 0 Å². The van der Waals surface area contributed by atoms with Crippen LogP contribution in [0.2, 0.25) is 0 Å². The Hall–Kier alpha value is -2.05. The molecule has 1 heterocycles. The second-order valence-corrected chi connectivity index (χ2v) is 3.99. The number of aromatic nitrogens is 2. The second kappa shape index (κ2) is 6.63. The van der Waals surface area contributed by atoms with Crippen LogP contribution in [0.25, 0.3) is 0 Å². The van der Waals surface area contributed by atoms with E-state index in [1.807, 2.05) is 6.92 Å². The molecular formula is C11H20N6O. The van der Waals surface area contributed by atoms with Crippen molar-refractivity contribution in [2.75, 3.05) is 43.6 Å². The molecule has 4 N–H and O–H groups in total. The van der Waals surface area contributed by atoms with Crippen molar-refractivity contribution in [1.29, 1.82) is 0 Å². The molecule has 0 saturated carbocycles. The van der Waals surface area contributed by atoms with Gasteiger partial charge in [-0.1, -0.05) is 0 Å². The standard InChI is InChI=1S/C11H20N6O/c1-4-13-8-7-9(16-11(12)15-8)14-6-5-10(18)17(2)3/h7H,4-6H2,1-3H3,(H4,12,13,14,15,16). The number of hydrogen-bond donors (Lipinski definition) is 3. The van der Waals surface area contributed by atoms with E-state index in [1.54, 1.807) is 25.1 Å². The lowest BCUT2D eigenvalue weighted by molar-refractivity contribution is -0.128. The van der Waals surface area contributed by atoms with Crippen molar-refractivity contribution in [3.8, 4) is 0 Å². The maximum atomic E-state index is 11.4. The van der Waals surface area contributed by atoms with Crippen molar-refractivity contribution in [1.82, 2.24) is 14.9 Å². The molecule has 7 nitrogen and oxygen atoms in total. The maximum absolute atomic E-state index is 11.4. The summed E-state index contributed by atoms with van der Waals surface area (Å²) in [6, 6.07) is 1.76. The highest BCUT2D eigenvalue weighted by molar-refractivity contribution is 5.76. The summed E-state index contributed by atoms with van der Waals surface area (Å²) in [6.45, 7) is 3.25. The highest BCUT2D eigenvalue weighted by atomic mass is 16.2. The van der Waals surface area contributed by atoms with Crippen LogP contribution in [0.4, 0.5) is 17.6 Å². The average Bonchev–Trinajstić information content (AvgIpc) is 2.28. The zero-order valence-electron chi connectivity index (χ0n) is 11.0. The number of hydrogen-bond acceptors (Lipinski definition) is 6. The number of carbonyl (C=O) groups excluding carboxylic acids is 1. The minimum Gasteiger partial charge on any atom is -0.370 e. The highest BCUT2D eigenvalue weighted by Crippen LogP contribution is 2.12. The number of rotatable bonds is 6. The number of amides is 1. The van der Waals surface area contributed by atoms with Crippen molar-refractivity contribution in [2.45, 2.75) is 13.3 Å². The first-order chi connectivity index (χ1) is 8.52. The summed E-state index contributed by atoms with van der Waals surface area (Å²) in [5.41, 5.74) is 5.59. The Bertz CT molecular complexity index is 407. The first kappa shape index (κ1) is 14.0. The Kier molecular flexibility index (Phi) is 5.16. The largest absolute Gasteiger partial charge is 0.370 e. The van der Waals surface area contributed by atoms with Gasteiger partial charge in [-0.3, -0.25) is 4.79 Å². The summed E-state index contributed by atoms with van der Waals surface area (Å²) in [4.78, 5) is 21.0. The van der Waals surface area contributed by atoms with Gasteiger partial charge in [-0.2, -0.15) is 9.97 Å². The molecule has 0 unspecified atom stereocenters. The highest BCUT2D eigenvalue weighted by Gasteiger charge is 2.05. The van der Waals surface area contributed by atoms with Crippen LogP contribution in [0.3, 0.4) is 0 Å². The van der Waals surface area contributed by atoms with Crippen LogP contribution in [0.5, 0.6) is 0 Å². The van der Waals surface area contributed by atoms with Crippen molar-refractivity contribution >= 4 is 23.5 Å². The van der Waals surface area contributed by atoms with Crippen LogP contribution in [-0.4, -0.2) is 48.0 Å². The zero-order valence-corrected chi connectivity index (χ0v) is 11.0. The number of nitrogens with two attached hydrogens (primary N) is 1. The summed E-state index contributed by atoms with van der Waals surface area (Å²) in [5, 5.41) is 6.11. The second-order valence-electron chi connectivity index (χ2n) is 3.99. The molecule has 7 heteroatoms. The molecule has 1 rings (SSSR count). The third-order valence-corrected chi connectivity index (χ3v) is 2.25. The van der Waals surface area contributed by atoms with E-state index in [0.29, 0.717) is 24.6 Å². The molecule has 0 aliphatic heterocycles. The SMILES string of the molecule is CCNc1cc(NCCC(=O)N(C)C)nc(N)n1. The monoisotopic (exact) mass is 252 g/mol. The zero-order chi connectivity index (χ0) is 13.5. The van der Waals surface area contributed by atoms with E-state index in [-0.39, 0.29) is 11.9 Å². The van der Waals surface area contributed by atoms with E-state index in [0.717, 1.165) is 6.54 Å². The fourth-order valence-electron chi connectivity index (χ4n) is 1.35. The van der Waals surface area contributed by atoms with Gasteiger partial charge >= 0.3 is 0 Å². The lowest BCUT2D eigenvalue weighted by Gasteiger charge is -2.11. The Morgan fingerprint density at radius 3 is 2.50 bits per heavy atom.